The van der Waals surface area contributed by atoms with Gasteiger partial charge in [0.1, 0.15) is 0 Å². The third-order valence-electron chi connectivity index (χ3n) is 3.50. The molecular weight excluding hydrogens is 298 g/mol. The molecule has 0 aromatic heterocycles. The summed E-state index contributed by atoms with van der Waals surface area (Å²) >= 11 is 3.56. The highest BCUT2D eigenvalue weighted by molar-refractivity contribution is 9.09. The third kappa shape index (κ3) is 4.05. The second kappa shape index (κ2) is 7.66. The molecule has 0 bridgehead atoms. The van der Waals surface area contributed by atoms with Gasteiger partial charge in [-0.25, -0.2) is 0 Å². The van der Waals surface area contributed by atoms with Gasteiger partial charge in [0.15, 0.2) is 0 Å². The van der Waals surface area contributed by atoms with Gasteiger partial charge in [-0.05, 0) is 29.3 Å². The minimum absolute atomic E-state index is 1.04. The molecule has 0 fully saturated rings. The van der Waals surface area contributed by atoms with E-state index in [1.807, 2.05) is 0 Å². The lowest BCUT2D eigenvalue weighted by Crippen LogP contribution is -2.26. The monoisotopic (exact) mass is 319 g/mol. The standard InChI is InChI=1S/C17H22BrN/c1-2-3-12-19(13-11-18)14-16-9-6-8-15-7-4-5-10-17(15)16/h4-10H,2-3,11-14H2,1H3. The Morgan fingerprint density at radius 3 is 2.58 bits per heavy atom. The van der Waals surface area contributed by atoms with Gasteiger partial charge < -0.3 is 0 Å². The highest BCUT2D eigenvalue weighted by atomic mass is 79.9. The molecule has 0 N–H and O–H groups in total. The van der Waals surface area contributed by atoms with Gasteiger partial charge in [-0.3, -0.25) is 4.90 Å². The number of hydrogen-bond acceptors (Lipinski definition) is 1. The number of halogens is 1. The molecule has 0 aliphatic heterocycles. The van der Waals surface area contributed by atoms with Crippen molar-refractivity contribution >= 4 is 26.7 Å². The zero-order valence-electron chi connectivity index (χ0n) is 11.6. The summed E-state index contributed by atoms with van der Waals surface area (Å²) in [5, 5.41) is 3.77. The highest BCUT2D eigenvalue weighted by Crippen LogP contribution is 2.20. The summed E-state index contributed by atoms with van der Waals surface area (Å²) in [5.41, 5.74) is 1.44. The minimum Gasteiger partial charge on any atom is -0.298 e. The molecule has 2 rings (SSSR count). The summed E-state index contributed by atoms with van der Waals surface area (Å²) in [6.45, 7) is 5.60. The van der Waals surface area contributed by atoms with Gasteiger partial charge in [0.05, 0.1) is 0 Å². The van der Waals surface area contributed by atoms with Crippen LogP contribution in [0.25, 0.3) is 10.8 Å². The van der Waals surface area contributed by atoms with E-state index in [1.54, 1.807) is 0 Å². The summed E-state index contributed by atoms with van der Waals surface area (Å²) in [4.78, 5) is 2.54. The normalized spacial score (nSPS) is 11.3. The van der Waals surface area contributed by atoms with E-state index >= 15 is 0 Å². The average molecular weight is 320 g/mol. The van der Waals surface area contributed by atoms with Crippen molar-refractivity contribution in [1.82, 2.24) is 4.90 Å². The molecule has 0 aliphatic carbocycles. The van der Waals surface area contributed by atoms with Gasteiger partial charge in [0, 0.05) is 18.4 Å². The van der Waals surface area contributed by atoms with Crippen LogP contribution in [0.5, 0.6) is 0 Å². The lowest BCUT2D eigenvalue weighted by molar-refractivity contribution is 0.279. The van der Waals surface area contributed by atoms with E-state index in [1.165, 1.54) is 35.7 Å². The van der Waals surface area contributed by atoms with E-state index in [9.17, 15) is 0 Å². The summed E-state index contributed by atoms with van der Waals surface area (Å²) in [6.07, 6.45) is 2.53. The SMILES string of the molecule is CCCCN(CCBr)Cc1cccc2ccccc12. The van der Waals surface area contributed by atoms with Crippen LogP contribution in [0.15, 0.2) is 42.5 Å². The summed E-state index contributed by atoms with van der Waals surface area (Å²) in [7, 11) is 0. The molecule has 0 aliphatic rings. The third-order valence-corrected chi connectivity index (χ3v) is 3.86. The molecular formula is C17H22BrN. The molecule has 0 saturated carbocycles. The van der Waals surface area contributed by atoms with Crippen LogP contribution in [0.3, 0.4) is 0 Å². The maximum atomic E-state index is 3.56. The van der Waals surface area contributed by atoms with Crippen LogP contribution >= 0.6 is 15.9 Å². The van der Waals surface area contributed by atoms with Crippen LogP contribution in [0.2, 0.25) is 0 Å². The van der Waals surface area contributed by atoms with Crippen LogP contribution in [-0.4, -0.2) is 23.3 Å². The number of benzene rings is 2. The summed E-state index contributed by atoms with van der Waals surface area (Å²) in [5.74, 6) is 0. The fourth-order valence-corrected chi connectivity index (χ4v) is 2.94. The quantitative estimate of drug-likeness (QED) is 0.660. The molecule has 0 spiro atoms. The first-order valence-corrected chi connectivity index (χ1v) is 8.22. The van der Waals surface area contributed by atoms with Gasteiger partial charge in [-0.1, -0.05) is 71.7 Å². The molecule has 19 heavy (non-hydrogen) atoms. The van der Waals surface area contributed by atoms with Crippen molar-refractivity contribution in [2.75, 3.05) is 18.4 Å². The number of fused-ring (bicyclic) bond motifs is 1. The minimum atomic E-state index is 1.04. The molecule has 0 unspecified atom stereocenters. The predicted octanol–water partition coefficient (Wildman–Crippen LogP) is 4.84. The van der Waals surface area contributed by atoms with Crippen molar-refractivity contribution in [3.63, 3.8) is 0 Å². The predicted molar refractivity (Wildman–Crippen MR) is 87.9 cm³/mol. The molecule has 1 nitrogen and oxygen atoms in total. The Morgan fingerprint density at radius 1 is 1.00 bits per heavy atom. The zero-order valence-corrected chi connectivity index (χ0v) is 13.2. The van der Waals surface area contributed by atoms with Crippen molar-refractivity contribution < 1.29 is 0 Å². The molecule has 2 heteroatoms. The number of nitrogens with zero attached hydrogens (tertiary/aromatic N) is 1. The topological polar surface area (TPSA) is 3.24 Å². The highest BCUT2D eigenvalue weighted by Gasteiger charge is 2.07. The molecule has 0 radical (unpaired) electrons. The van der Waals surface area contributed by atoms with Gasteiger partial charge in [-0.2, -0.15) is 0 Å². The second-order valence-electron chi connectivity index (χ2n) is 4.96. The van der Waals surface area contributed by atoms with Crippen LogP contribution in [-0.2, 0) is 6.54 Å². The smallest absolute Gasteiger partial charge is 0.0240 e. The molecule has 0 atom stereocenters. The number of alkyl halides is 1. The van der Waals surface area contributed by atoms with Crippen LogP contribution in [0.1, 0.15) is 25.3 Å². The van der Waals surface area contributed by atoms with Crippen molar-refractivity contribution in [2.24, 2.45) is 0 Å². The van der Waals surface area contributed by atoms with E-state index in [0.717, 1.165) is 18.4 Å². The maximum Gasteiger partial charge on any atom is 0.0240 e. The first-order chi connectivity index (χ1) is 9.35. The van der Waals surface area contributed by atoms with Gasteiger partial charge in [-0.15, -0.1) is 0 Å². The van der Waals surface area contributed by atoms with E-state index in [-0.39, 0.29) is 0 Å². The molecule has 2 aromatic carbocycles. The van der Waals surface area contributed by atoms with E-state index in [2.05, 4.69) is 70.2 Å². The number of unbranched alkanes of at least 4 members (excludes halogenated alkanes) is 1. The summed E-state index contributed by atoms with van der Waals surface area (Å²) < 4.78 is 0. The molecule has 2 aromatic rings. The lowest BCUT2D eigenvalue weighted by atomic mass is 10.0. The Morgan fingerprint density at radius 2 is 1.79 bits per heavy atom. The molecule has 102 valence electrons. The fourth-order valence-electron chi connectivity index (χ4n) is 2.44. The van der Waals surface area contributed by atoms with E-state index in [4.69, 9.17) is 0 Å². The van der Waals surface area contributed by atoms with Crippen molar-refractivity contribution in [3.05, 3.63) is 48.0 Å². The largest absolute Gasteiger partial charge is 0.298 e. The Hall–Kier alpha value is -0.860. The fraction of sp³-hybridized carbons (Fsp3) is 0.412. The first-order valence-electron chi connectivity index (χ1n) is 7.10. The number of rotatable bonds is 7. The van der Waals surface area contributed by atoms with Crippen molar-refractivity contribution in [1.29, 1.82) is 0 Å². The van der Waals surface area contributed by atoms with E-state index < -0.39 is 0 Å². The van der Waals surface area contributed by atoms with Crippen molar-refractivity contribution in [3.8, 4) is 0 Å². The van der Waals surface area contributed by atoms with Gasteiger partial charge >= 0.3 is 0 Å². The van der Waals surface area contributed by atoms with Gasteiger partial charge in [0.2, 0.25) is 0 Å². The zero-order chi connectivity index (χ0) is 13.5. The lowest BCUT2D eigenvalue weighted by Gasteiger charge is -2.22. The Labute approximate surface area is 124 Å². The Bertz CT molecular complexity index is 504. The van der Waals surface area contributed by atoms with Gasteiger partial charge in [0.25, 0.3) is 0 Å². The first kappa shape index (κ1) is 14.5. The van der Waals surface area contributed by atoms with Crippen LogP contribution < -0.4 is 0 Å². The molecule has 0 amide bonds. The summed E-state index contributed by atoms with van der Waals surface area (Å²) in [6, 6.07) is 15.3. The number of hydrogen-bond donors (Lipinski definition) is 0. The maximum absolute atomic E-state index is 3.56. The molecule has 0 heterocycles. The Balaban J connectivity index is 2.18. The second-order valence-corrected chi connectivity index (χ2v) is 5.75. The van der Waals surface area contributed by atoms with Crippen LogP contribution in [0, 0.1) is 0 Å². The average Bonchev–Trinajstić information content (AvgIpc) is 2.45. The van der Waals surface area contributed by atoms with E-state index in [0.29, 0.717) is 0 Å². The van der Waals surface area contributed by atoms with Crippen LogP contribution in [0.4, 0.5) is 0 Å². The Kier molecular flexibility index (Phi) is 5.87. The van der Waals surface area contributed by atoms with Crippen molar-refractivity contribution in [2.45, 2.75) is 26.3 Å². The molecule has 0 saturated heterocycles.